The first-order chi connectivity index (χ1) is 10.1. The molecule has 21 heavy (non-hydrogen) atoms. The van der Waals surface area contributed by atoms with E-state index in [9.17, 15) is 4.79 Å². The summed E-state index contributed by atoms with van der Waals surface area (Å²) >= 11 is 3.29. The van der Waals surface area contributed by atoms with Crippen molar-refractivity contribution in [1.29, 1.82) is 0 Å². The molecule has 0 radical (unpaired) electrons. The van der Waals surface area contributed by atoms with Crippen LogP contribution in [0.2, 0.25) is 0 Å². The minimum Gasteiger partial charge on any atom is -0.491 e. The number of halogens is 1. The molecule has 0 saturated heterocycles. The van der Waals surface area contributed by atoms with Crippen LogP contribution in [0.15, 0.2) is 47.1 Å². The van der Waals surface area contributed by atoms with Gasteiger partial charge in [0.05, 0.1) is 6.10 Å². The molecule has 2 rings (SSSR count). The van der Waals surface area contributed by atoms with Gasteiger partial charge in [0.25, 0.3) is 5.91 Å². The molecule has 0 fully saturated rings. The van der Waals surface area contributed by atoms with Crippen LogP contribution in [-0.4, -0.2) is 17.0 Å². The summed E-state index contributed by atoms with van der Waals surface area (Å²) in [7, 11) is 0. The third-order valence-corrected chi connectivity index (χ3v) is 3.43. The van der Waals surface area contributed by atoms with Crippen LogP contribution in [-0.2, 0) is 0 Å². The van der Waals surface area contributed by atoms with Crippen LogP contribution in [0.25, 0.3) is 0 Å². The number of ether oxygens (including phenoxy) is 1. The van der Waals surface area contributed by atoms with Crippen LogP contribution in [0.4, 0.5) is 5.69 Å². The quantitative estimate of drug-likeness (QED) is 0.877. The highest BCUT2D eigenvalue weighted by Gasteiger charge is 2.08. The van der Waals surface area contributed by atoms with Gasteiger partial charge in [0.1, 0.15) is 11.4 Å². The Morgan fingerprint density at radius 1 is 1.38 bits per heavy atom. The van der Waals surface area contributed by atoms with Crippen molar-refractivity contribution in [2.24, 2.45) is 0 Å². The van der Waals surface area contributed by atoms with Crippen molar-refractivity contribution in [1.82, 2.24) is 4.98 Å². The fraction of sp³-hybridized carbons (Fsp3) is 0.250. The summed E-state index contributed by atoms with van der Waals surface area (Å²) in [6, 6.07) is 10.8. The molecule has 1 heterocycles. The third-order valence-electron chi connectivity index (χ3n) is 2.96. The number of pyridine rings is 1. The number of amides is 1. The minimum atomic E-state index is -0.247. The summed E-state index contributed by atoms with van der Waals surface area (Å²) in [6.07, 6.45) is 2.67. The van der Waals surface area contributed by atoms with Gasteiger partial charge in [0.15, 0.2) is 0 Å². The van der Waals surface area contributed by atoms with E-state index in [1.807, 2.05) is 31.2 Å². The molecule has 0 aliphatic heterocycles. The lowest BCUT2D eigenvalue weighted by atomic mass is 10.2. The summed E-state index contributed by atoms with van der Waals surface area (Å²) in [6.45, 7) is 4.08. The first-order valence-electron chi connectivity index (χ1n) is 6.78. The molecule has 5 heteroatoms. The Kier molecular flexibility index (Phi) is 5.33. The van der Waals surface area contributed by atoms with Gasteiger partial charge in [-0.15, -0.1) is 0 Å². The van der Waals surface area contributed by atoms with Crippen LogP contribution in [0.3, 0.4) is 0 Å². The van der Waals surface area contributed by atoms with Crippen molar-refractivity contribution in [3.8, 4) is 5.75 Å². The smallest absolute Gasteiger partial charge is 0.274 e. The van der Waals surface area contributed by atoms with Crippen LogP contribution >= 0.6 is 15.9 Å². The van der Waals surface area contributed by atoms with Crippen LogP contribution < -0.4 is 10.1 Å². The average Bonchev–Trinajstić information content (AvgIpc) is 2.48. The Labute approximate surface area is 132 Å². The molecule has 1 N–H and O–H groups in total. The number of benzene rings is 1. The molecule has 4 nitrogen and oxygen atoms in total. The summed E-state index contributed by atoms with van der Waals surface area (Å²) in [5.74, 6) is 0.495. The number of anilines is 1. The van der Waals surface area contributed by atoms with E-state index in [-0.39, 0.29) is 12.0 Å². The molecular weight excluding hydrogens is 332 g/mol. The van der Waals surface area contributed by atoms with E-state index >= 15 is 0 Å². The summed E-state index contributed by atoms with van der Waals surface area (Å²) in [5.41, 5.74) is 1.05. The summed E-state index contributed by atoms with van der Waals surface area (Å²) in [5, 5.41) is 2.81. The monoisotopic (exact) mass is 348 g/mol. The molecular formula is C16H17BrN2O2. The number of carbonyl (C=O) groups excluding carboxylic acids is 1. The number of hydrogen-bond donors (Lipinski definition) is 1. The maximum absolute atomic E-state index is 12.1. The van der Waals surface area contributed by atoms with E-state index in [0.29, 0.717) is 11.4 Å². The maximum Gasteiger partial charge on any atom is 0.274 e. The average molecular weight is 349 g/mol. The van der Waals surface area contributed by atoms with E-state index in [0.717, 1.165) is 16.6 Å². The Morgan fingerprint density at radius 2 is 2.19 bits per heavy atom. The second-order valence-corrected chi connectivity index (χ2v) is 5.60. The standard InChI is InChI=1S/C16H17BrN2O2/c1-3-11(2)21-14-6-4-5-13(9-14)19-16(20)15-8-7-12(17)10-18-15/h4-11H,3H2,1-2H3,(H,19,20). The van der Waals surface area contributed by atoms with Crippen LogP contribution in [0.5, 0.6) is 5.75 Å². The Hall–Kier alpha value is -1.88. The van der Waals surface area contributed by atoms with Crippen molar-refractivity contribution in [2.45, 2.75) is 26.4 Å². The zero-order valence-electron chi connectivity index (χ0n) is 12.0. The number of nitrogens with zero attached hydrogens (tertiary/aromatic N) is 1. The third kappa shape index (κ3) is 4.56. The Morgan fingerprint density at radius 3 is 2.86 bits per heavy atom. The van der Waals surface area contributed by atoms with Crippen molar-refractivity contribution in [2.75, 3.05) is 5.32 Å². The second kappa shape index (κ2) is 7.22. The lowest BCUT2D eigenvalue weighted by molar-refractivity contribution is 0.102. The molecule has 0 bridgehead atoms. The number of nitrogens with one attached hydrogen (secondary N) is 1. The summed E-state index contributed by atoms with van der Waals surface area (Å²) < 4.78 is 6.57. The van der Waals surface area contributed by atoms with Gasteiger partial charge in [-0.1, -0.05) is 13.0 Å². The number of carbonyl (C=O) groups is 1. The zero-order valence-corrected chi connectivity index (χ0v) is 13.6. The van der Waals surface area contributed by atoms with Gasteiger partial charge in [-0.3, -0.25) is 4.79 Å². The maximum atomic E-state index is 12.1. The molecule has 0 aliphatic rings. The van der Waals surface area contributed by atoms with E-state index in [1.54, 1.807) is 18.3 Å². The van der Waals surface area contributed by atoms with Gasteiger partial charge >= 0.3 is 0 Å². The van der Waals surface area contributed by atoms with Gasteiger partial charge in [-0.25, -0.2) is 4.98 Å². The molecule has 1 aromatic heterocycles. The van der Waals surface area contributed by atoms with E-state index in [1.165, 1.54) is 0 Å². The molecule has 1 atom stereocenters. The highest BCUT2D eigenvalue weighted by molar-refractivity contribution is 9.10. The predicted molar refractivity (Wildman–Crippen MR) is 86.7 cm³/mol. The zero-order chi connectivity index (χ0) is 15.2. The van der Waals surface area contributed by atoms with E-state index in [2.05, 4.69) is 33.2 Å². The molecule has 0 aliphatic carbocycles. The number of rotatable bonds is 5. The van der Waals surface area contributed by atoms with Crippen molar-refractivity contribution >= 4 is 27.5 Å². The van der Waals surface area contributed by atoms with Gasteiger partial charge in [0.2, 0.25) is 0 Å². The summed E-state index contributed by atoms with van der Waals surface area (Å²) in [4.78, 5) is 16.2. The van der Waals surface area contributed by atoms with Gasteiger partial charge in [-0.05, 0) is 53.5 Å². The molecule has 2 aromatic rings. The van der Waals surface area contributed by atoms with Crippen LogP contribution in [0, 0.1) is 0 Å². The van der Waals surface area contributed by atoms with Gasteiger partial charge < -0.3 is 10.1 Å². The number of hydrogen-bond acceptors (Lipinski definition) is 3. The van der Waals surface area contributed by atoms with Gasteiger partial charge in [-0.2, -0.15) is 0 Å². The normalized spacial score (nSPS) is 11.8. The SMILES string of the molecule is CCC(C)Oc1cccc(NC(=O)c2ccc(Br)cn2)c1. The van der Waals surface area contributed by atoms with Crippen LogP contribution in [0.1, 0.15) is 30.8 Å². The van der Waals surface area contributed by atoms with Crippen molar-refractivity contribution in [3.05, 3.63) is 52.8 Å². The molecule has 1 unspecified atom stereocenters. The lowest BCUT2D eigenvalue weighted by Gasteiger charge is -2.13. The fourth-order valence-corrected chi connectivity index (χ4v) is 1.90. The molecule has 110 valence electrons. The predicted octanol–water partition coefficient (Wildman–Crippen LogP) is 4.27. The Balaban J connectivity index is 2.07. The minimum absolute atomic E-state index is 0.143. The largest absolute Gasteiger partial charge is 0.491 e. The lowest BCUT2D eigenvalue weighted by Crippen LogP contribution is -2.14. The fourth-order valence-electron chi connectivity index (χ4n) is 1.67. The van der Waals surface area contributed by atoms with Gasteiger partial charge in [0, 0.05) is 22.4 Å². The van der Waals surface area contributed by atoms with Crippen molar-refractivity contribution < 1.29 is 9.53 Å². The Bertz CT molecular complexity index is 614. The highest BCUT2D eigenvalue weighted by Crippen LogP contribution is 2.20. The van der Waals surface area contributed by atoms with Crippen molar-refractivity contribution in [3.63, 3.8) is 0 Å². The molecule has 1 amide bonds. The first kappa shape index (κ1) is 15.5. The topological polar surface area (TPSA) is 51.2 Å². The van der Waals surface area contributed by atoms with E-state index < -0.39 is 0 Å². The highest BCUT2D eigenvalue weighted by atomic mass is 79.9. The second-order valence-electron chi connectivity index (χ2n) is 4.68. The number of aromatic nitrogens is 1. The molecule has 0 spiro atoms. The molecule has 0 saturated carbocycles. The molecule has 1 aromatic carbocycles. The first-order valence-corrected chi connectivity index (χ1v) is 7.57. The van der Waals surface area contributed by atoms with E-state index in [4.69, 9.17) is 4.74 Å².